The molecule has 0 radical (unpaired) electrons. The van der Waals surface area contributed by atoms with Gasteiger partial charge in [-0.2, -0.15) is 0 Å². The molecule has 0 amide bonds. The Morgan fingerprint density at radius 1 is 1.13 bits per heavy atom. The zero-order valence-electron chi connectivity index (χ0n) is 14.4. The summed E-state index contributed by atoms with van der Waals surface area (Å²) in [5.74, 6) is 2.68. The Bertz CT molecular complexity index is 490. The van der Waals surface area contributed by atoms with Crippen LogP contribution in [0.2, 0.25) is 0 Å². The van der Waals surface area contributed by atoms with Gasteiger partial charge in [0.1, 0.15) is 17.6 Å². The van der Waals surface area contributed by atoms with Gasteiger partial charge >= 0.3 is 0 Å². The maximum Gasteiger partial charge on any atom is 0.123 e. The molecule has 0 saturated heterocycles. The van der Waals surface area contributed by atoms with Crippen molar-refractivity contribution in [3.05, 3.63) is 24.3 Å². The third kappa shape index (κ3) is 4.41. The fraction of sp³-hybridized carbons (Fsp3) is 0.700. The molecule has 128 valence electrons. The van der Waals surface area contributed by atoms with Crippen LogP contribution in [0, 0.1) is 11.3 Å². The molecule has 0 aromatic heterocycles. The van der Waals surface area contributed by atoms with E-state index in [-0.39, 0.29) is 6.10 Å². The molecule has 1 aromatic rings. The van der Waals surface area contributed by atoms with E-state index in [1.807, 2.05) is 31.2 Å². The third-order valence-corrected chi connectivity index (χ3v) is 5.54. The molecule has 0 aliphatic heterocycles. The van der Waals surface area contributed by atoms with Crippen LogP contribution in [0.5, 0.6) is 11.5 Å². The molecule has 23 heavy (non-hydrogen) atoms. The molecule has 1 unspecified atom stereocenters. The van der Waals surface area contributed by atoms with Crippen LogP contribution in [-0.4, -0.2) is 19.3 Å². The normalized spacial score (nSPS) is 22.2. The second kappa shape index (κ2) is 7.57. The van der Waals surface area contributed by atoms with Gasteiger partial charge in [0.05, 0.1) is 6.61 Å². The zero-order valence-corrected chi connectivity index (χ0v) is 14.4. The summed E-state index contributed by atoms with van der Waals surface area (Å²) < 4.78 is 12.0. The number of rotatable bonds is 7. The molecule has 0 heterocycles. The zero-order chi connectivity index (χ0) is 16.1. The van der Waals surface area contributed by atoms with Crippen LogP contribution in [0.25, 0.3) is 0 Å². The third-order valence-electron chi connectivity index (χ3n) is 5.54. The van der Waals surface area contributed by atoms with Gasteiger partial charge in [-0.1, -0.05) is 31.7 Å². The van der Waals surface area contributed by atoms with Crippen LogP contribution in [0.3, 0.4) is 0 Å². The molecule has 1 atom stereocenters. The van der Waals surface area contributed by atoms with Crippen LogP contribution >= 0.6 is 0 Å². The second-order valence-electron chi connectivity index (χ2n) is 7.48. The maximum atomic E-state index is 6.25. The van der Waals surface area contributed by atoms with E-state index in [0.717, 1.165) is 24.0 Å². The molecule has 0 spiro atoms. The average molecular weight is 317 g/mol. The summed E-state index contributed by atoms with van der Waals surface area (Å²) in [6.45, 7) is 3.38. The molecule has 2 N–H and O–H groups in total. The van der Waals surface area contributed by atoms with Crippen molar-refractivity contribution in [2.24, 2.45) is 17.1 Å². The van der Waals surface area contributed by atoms with E-state index in [1.165, 1.54) is 51.4 Å². The Labute approximate surface area is 140 Å². The van der Waals surface area contributed by atoms with Gasteiger partial charge < -0.3 is 15.2 Å². The SMILES string of the molecule is CC(CN)Oc1cccc(OCC2(C3CC3)CCCCCC2)c1. The maximum absolute atomic E-state index is 6.25. The lowest BCUT2D eigenvalue weighted by molar-refractivity contribution is 0.0990. The molecule has 3 nitrogen and oxygen atoms in total. The highest BCUT2D eigenvalue weighted by Crippen LogP contribution is 2.53. The first-order valence-corrected chi connectivity index (χ1v) is 9.31. The number of ether oxygens (including phenoxy) is 2. The molecule has 0 bridgehead atoms. The van der Waals surface area contributed by atoms with Crippen molar-refractivity contribution in [3.8, 4) is 11.5 Å². The topological polar surface area (TPSA) is 44.5 Å². The summed E-state index contributed by atoms with van der Waals surface area (Å²) >= 11 is 0. The van der Waals surface area contributed by atoms with E-state index in [0.29, 0.717) is 12.0 Å². The highest BCUT2D eigenvalue weighted by molar-refractivity contribution is 5.33. The van der Waals surface area contributed by atoms with Gasteiger partial charge in [-0.25, -0.2) is 0 Å². The van der Waals surface area contributed by atoms with Gasteiger partial charge in [0.2, 0.25) is 0 Å². The molecule has 2 saturated carbocycles. The van der Waals surface area contributed by atoms with Crippen molar-refractivity contribution < 1.29 is 9.47 Å². The van der Waals surface area contributed by atoms with Crippen molar-refractivity contribution in [3.63, 3.8) is 0 Å². The molecular formula is C20H31NO2. The van der Waals surface area contributed by atoms with Crippen LogP contribution < -0.4 is 15.2 Å². The van der Waals surface area contributed by atoms with Crippen molar-refractivity contribution in [1.82, 2.24) is 0 Å². The first-order chi connectivity index (χ1) is 11.2. The van der Waals surface area contributed by atoms with Gasteiger partial charge in [-0.05, 0) is 50.7 Å². The van der Waals surface area contributed by atoms with Crippen LogP contribution in [-0.2, 0) is 0 Å². The van der Waals surface area contributed by atoms with Gasteiger partial charge in [-0.3, -0.25) is 0 Å². The molecule has 2 aliphatic carbocycles. The molecule has 2 aliphatic rings. The van der Waals surface area contributed by atoms with E-state index in [4.69, 9.17) is 15.2 Å². The lowest BCUT2D eigenvalue weighted by Gasteiger charge is -2.33. The van der Waals surface area contributed by atoms with Gasteiger partial charge in [-0.15, -0.1) is 0 Å². The van der Waals surface area contributed by atoms with Crippen LogP contribution in [0.1, 0.15) is 58.3 Å². The molecule has 2 fully saturated rings. The highest BCUT2D eigenvalue weighted by Gasteiger charge is 2.45. The minimum absolute atomic E-state index is 0.0323. The monoisotopic (exact) mass is 317 g/mol. The average Bonchev–Trinajstić information content (AvgIpc) is 3.40. The first kappa shape index (κ1) is 16.6. The van der Waals surface area contributed by atoms with Crippen molar-refractivity contribution in [2.45, 2.75) is 64.4 Å². The fourth-order valence-electron chi connectivity index (χ4n) is 3.94. The van der Waals surface area contributed by atoms with Gasteiger partial charge in [0.15, 0.2) is 0 Å². The predicted octanol–water partition coefficient (Wildman–Crippen LogP) is 4.54. The Hall–Kier alpha value is -1.22. The quantitative estimate of drug-likeness (QED) is 0.751. The fourth-order valence-corrected chi connectivity index (χ4v) is 3.94. The van der Waals surface area contributed by atoms with Crippen LogP contribution in [0.15, 0.2) is 24.3 Å². The summed E-state index contributed by atoms with van der Waals surface area (Å²) in [5, 5.41) is 0. The largest absolute Gasteiger partial charge is 0.493 e. The van der Waals surface area contributed by atoms with Gasteiger partial charge in [0.25, 0.3) is 0 Å². The van der Waals surface area contributed by atoms with E-state index >= 15 is 0 Å². The Morgan fingerprint density at radius 3 is 2.48 bits per heavy atom. The molecule has 3 rings (SSSR count). The summed E-state index contributed by atoms with van der Waals surface area (Å²) in [7, 11) is 0. The first-order valence-electron chi connectivity index (χ1n) is 9.31. The minimum Gasteiger partial charge on any atom is -0.493 e. The summed E-state index contributed by atoms with van der Waals surface area (Å²) in [6.07, 6.45) is 11.1. The summed E-state index contributed by atoms with van der Waals surface area (Å²) in [5.41, 5.74) is 6.06. The second-order valence-corrected chi connectivity index (χ2v) is 7.48. The van der Waals surface area contributed by atoms with Crippen LogP contribution in [0.4, 0.5) is 0 Å². The van der Waals surface area contributed by atoms with Crippen molar-refractivity contribution >= 4 is 0 Å². The number of hydrogen-bond acceptors (Lipinski definition) is 3. The summed E-state index contributed by atoms with van der Waals surface area (Å²) in [4.78, 5) is 0. The smallest absolute Gasteiger partial charge is 0.123 e. The van der Waals surface area contributed by atoms with E-state index in [1.54, 1.807) is 0 Å². The lowest BCUT2D eigenvalue weighted by atomic mass is 9.76. The van der Waals surface area contributed by atoms with E-state index in [2.05, 4.69) is 0 Å². The number of benzene rings is 1. The van der Waals surface area contributed by atoms with Gasteiger partial charge in [0, 0.05) is 18.0 Å². The molecule has 1 aromatic carbocycles. The van der Waals surface area contributed by atoms with Crippen molar-refractivity contribution in [2.75, 3.05) is 13.2 Å². The summed E-state index contributed by atoms with van der Waals surface area (Å²) in [6, 6.07) is 8.02. The van der Waals surface area contributed by atoms with Crippen molar-refractivity contribution in [1.29, 1.82) is 0 Å². The highest BCUT2D eigenvalue weighted by atomic mass is 16.5. The predicted molar refractivity (Wildman–Crippen MR) is 93.9 cm³/mol. The Morgan fingerprint density at radius 2 is 1.83 bits per heavy atom. The molecule has 3 heteroatoms. The number of nitrogens with two attached hydrogens (primary N) is 1. The Kier molecular flexibility index (Phi) is 5.47. The van der Waals surface area contributed by atoms with E-state index < -0.39 is 0 Å². The molecular weight excluding hydrogens is 286 g/mol. The number of hydrogen-bond donors (Lipinski definition) is 1. The lowest BCUT2D eigenvalue weighted by Crippen LogP contribution is -2.30. The minimum atomic E-state index is 0.0323. The van der Waals surface area contributed by atoms with E-state index in [9.17, 15) is 0 Å². The standard InChI is InChI=1S/C20H31NO2/c1-16(14-21)23-19-8-6-7-18(13-19)22-15-20(17-9-10-17)11-4-2-3-5-12-20/h6-8,13,16-17H,2-5,9-12,14-15,21H2,1H3. The Balaban J connectivity index is 1.63.